The smallest absolute Gasteiger partial charge is 0.374 e. The number of fused-ring (bicyclic) bond motifs is 1. The van der Waals surface area contributed by atoms with Gasteiger partial charge >= 0.3 is 11.9 Å². The van der Waals surface area contributed by atoms with Gasteiger partial charge in [0.1, 0.15) is 0 Å². The molecule has 28 heavy (non-hydrogen) atoms. The van der Waals surface area contributed by atoms with Crippen LogP contribution in [0.15, 0.2) is 21.7 Å². The number of H-pyrrole nitrogens is 1. The fourth-order valence-corrected chi connectivity index (χ4v) is 3.04. The average Bonchev–Trinajstić information content (AvgIpc) is 2.53. The Balaban J connectivity index is 2.76. The first-order valence-electron chi connectivity index (χ1n) is 8.20. The van der Waals surface area contributed by atoms with Crippen LogP contribution < -0.4 is 16.1 Å². The quantitative estimate of drug-likeness (QED) is 0.738. The third-order valence-corrected chi connectivity index (χ3v) is 4.26. The fraction of sp³-hybridized carbons (Fsp3) is 0.500. The second-order valence-electron chi connectivity index (χ2n) is 6.79. The van der Waals surface area contributed by atoms with Crippen molar-refractivity contribution in [2.45, 2.75) is 33.1 Å². The van der Waals surface area contributed by atoms with E-state index in [1.807, 2.05) is 13.8 Å². The molecule has 2 N–H and O–H groups in total. The number of aromatic nitrogens is 2. The van der Waals surface area contributed by atoms with Gasteiger partial charge < -0.3 is 9.72 Å². The van der Waals surface area contributed by atoms with Crippen LogP contribution in [0.2, 0.25) is 0 Å². The zero-order valence-corrected chi connectivity index (χ0v) is 16.4. The van der Waals surface area contributed by atoms with Crippen molar-refractivity contribution in [3.63, 3.8) is 0 Å². The molecule has 0 radical (unpaired) electrons. The molecule has 0 saturated carbocycles. The maximum absolute atomic E-state index is 13.5. The number of sulfonamides is 1. The lowest BCUT2D eigenvalue weighted by Gasteiger charge is -2.21. The van der Waals surface area contributed by atoms with E-state index in [9.17, 15) is 31.2 Å². The van der Waals surface area contributed by atoms with Crippen molar-refractivity contribution in [1.29, 1.82) is 0 Å². The molecule has 8 nitrogen and oxygen atoms in total. The Hall–Kier alpha value is -2.34. The second kappa shape index (κ2) is 7.59. The molecule has 0 saturated heterocycles. The van der Waals surface area contributed by atoms with Crippen LogP contribution >= 0.6 is 0 Å². The van der Waals surface area contributed by atoms with Crippen molar-refractivity contribution in [2.24, 2.45) is 5.92 Å². The Bertz CT molecular complexity index is 1100. The Morgan fingerprint density at radius 3 is 2.32 bits per heavy atom. The summed E-state index contributed by atoms with van der Waals surface area (Å²) in [6, 6.07) is 1.61. The van der Waals surface area contributed by atoms with Crippen molar-refractivity contribution in [2.75, 3.05) is 17.7 Å². The van der Waals surface area contributed by atoms with Gasteiger partial charge in [0.25, 0.3) is 5.56 Å². The molecule has 0 amide bonds. The van der Waals surface area contributed by atoms with E-state index in [0.717, 1.165) is 12.3 Å². The van der Waals surface area contributed by atoms with E-state index < -0.39 is 39.1 Å². The molecule has 1 unspecified atom stereocenters. The van der Waals surface area contributed by atoms with Crippen molar-refractivity contribution < 1.29 is 26.3 Å². The van der Waals surface area contributed by atoms with Gasteiger partial charge in [0.15, 0.2) is 0 Å². The number of rotatable bonds is 6. The first-order chi connectivity index (χ1) is 12.7. The van der Waals surface area contributed by atoms with E-state index in [1.165, 1.54) is 6.92 Å². The molecule has 156 valence electrons. The van der Waals surface area contributed by atoms with Crippen LogP contribution in [-0.2, 0) is 20.9 Å². The number of ether oxygens (including phenoxy) is 1. The lowest BCUT2D eigenvalue weighted by Crippen LogP contribution is -2.43. The number of nitrogens with zero attached hydrogens (tertiary/aromatic N) is 1. The molecule has 2 rings (SSSR count). The van der Waals surface area contributed by atoms with Gasteiger partial charge in [-0.3, -0.25) is 4.79 Å². The lowest BCUT2D eigenvalue weighted by atomic mass is 10.00. The summed E-state index contributed by atoms with van der Waals surface area (Å²) in [5, 5.41) is -0.293. The molecular formula is C16H20F3N3O5S. The summed E-state index contributed by atoms with van der Waals surface area (Å²) in [6.07, 6.45) is -5.02. The molecule has 0 aliphatic heterocycles. The predicted molar refractivity (Wildman–Crippen MR) is 97.2 cm³/mol. The van der Waals surface area contributed by atoms with Crippen LogP contribution in [0, 0.1) is 5.92 Å². The zero-order valence-electron chi connectivity index (χ0n) is 15.5. The van der Waals surface area contributed by atoms with Gasteiger partial charge in [-0.2, -0.15) is 17.8 Å². The summed E-state index contributed by atoms with van der Waals surface area (Å²) in [5.74, 6) is 0.0739. The molecule has 12 heteroatoms. The molecule has 1 heterocycles. The van der Waals surface area contributed by atoms with Gasteiger partial charge in [0, 0.05) is 6.61 Å². The maximum atomic E-state index is 13.5. The van der Waals surface area contributed by atoms with Crippen molar-refractivity contribution in [3.8, 4) is 0 Å². The number of hydrogen-bond donors (Lipinski definition) is 2. The highest BCUT2D eigenvalue weighted by atomic mass is 32.2. The summed E-state index contributed by atoms with van der Waals surface area (Å²) >= 11 is 0. The molecule has 2 aromatic rings. The standard InChI is InChI=1S/C16H20F3N3O5S/c1-8(2)7-27-9(3)10-5-11-13(6-12(10)16(17,18)19)20-15(24)22(14(11)23)21-28(4,25)26/h5-6,8-9,21H,7H2,1-4H3,(H,20,24). The number of nitrogens with one attached hydrogen (secondary N) is 2. The number of halogens is 3. The number of aromatic amines is 1. The van der Waals surface area contributed by atoms with Gasteiger partial charge in [0.05, 0.1) is 28.8 Å². The number of alkyl halides is 3. The highest BCUT2D eigenvalue weighted by Gasteiger charge is 2.35. The molecule has 0 aliphatic carbocycles. The number of hydrogen-bond acceptors (Lipinski definition) is 5. The van der Waals surface area contributed by atoms with Crippen LogP contribution in [0.4, 0.5) is 13.2 Å². The van der Waals surface area contributed by atoms with E-state index in [0.29, 0.717) is 6.07 Å². The van der Waals surface area contributed by atoms with Gasteiger partial charge in [0.2, 0.25) is 10.0 Å². The highest BCUT2D eigenvalue weighted by molar-refractivity contribution is 7.91. The summed E-state index contributed by atoms with van der Waals surface area (Å²) in [6.45, 7) is 5.27. The van der Waals surface area contributed by atoms with E-state index in [4.69, 9.17) is 4.74 Å². The molecule has 1 aromatic carbocycles. The number of benzene rings is 1. The summed E-state index contributed by atoms with van der Waals surface area (Å²) in [5.41, 5.74) is -4.03. The summed E-state index contributed by atoms with van der Waals surface area (Å²) < 4.78 is 68.9. The predicted octanol–water partition coefficient (Wildman–Crippen LogP) is 1.95. The maximum Gasteiger partial charge on any atom is 0.416 e. The van der Waals surface area contributed by atoms with Gasteiger partial charge in [-0.15, -0.1) is 0 Å². The van der Waals surface area contributed by atoms with E-state index in [-0.39, 0.29) is 33.7 Å². The minimum absolute atomic E-state index is 0.0739. The Kier molecular flexibility index (Phi) is 5.95. The highest BCUT2D eigenvalue weighted by Crippen LogP contribution is 2.37. The third kappa shape index (κ3) is 4.93. The van der Waals surface area contributed by atoms with E-state index in [2.05, 4.69) is 4.98 Å². The largest absolute Gasteiger partial charge is 0.416 e. The van der Waals surface area contributed by atoms with Crippen molar-refractivity contribution in [3.05, 3.63) is 44.1 Å². The van der Waals surface area contributed by atoms with Crippen LogP contribution in [0.1, 0.15) is 38.0 Å². The Labute approximate surface area is 158 Å². The normalized spacial score (nSPS) is 13.9. The SMILES string of the molecule is CC(C)COC(C)c1cc2c(=O)n(NS(C)(=O)=O)c(=O)[nH]c2cc1C(F)(F)F. The van der Waals surface area contributed by atoms with Crippen molar-refractivity contribution in [1.82, 2.24) is 9.66 Å². The molecule has 0 spiro atoms. The Morgan fingerprint density at radius 1 is 1.21 bits per heavy atom. The van der Waals surface area contributed by atoms with Crippen LogP contribution in [0.3, 0.4) is 0 Å². The monoisotopic (exact) mass is 423 g/mol. The van der Waals surface area contributed by atoms with Crippen molar-refractivity contribution >= 4 is 20.9 Å². The minimum atomic E-state index is -4.75. The van der Waals surface area contributed by atoms with Gasteiger partial charge in [-0.05, 0) is 30.5 Å². The van der Waals surface area contributed by atoms with Crippen LogP contribution in [-0.4, -0.2) is 30.9 Å². The first-order valence-corrected chi connectivity index (χ1v) is 10.1. The fourth-order valence-electron chi connectivity index (χ4n) is 2.54. The van der Waals surface area contributed by atoms with Crippen LogP contribution in [0.25, 0.3) is 10.9 Å². The third-order valence-electron chi connectivity index (χ3n) is 3.75. The van der Waals surface area contributed by atoms with E-state index in [1.54, 1.807) is 4.83 Å². The molecule has 0 bridgehead atoms. The lowest BCUT2D eigenvalue weighted by molar-refractivity contribution is -0.139. The summed E-state index contributed by atoms with van der Waals surface area (Å²) in [7, 11) is -3.98. The minimum Gasteiger partial charge on any atom is -0.374 e. The summed E-state index contributed by atoms with van der Waals surface area (Å²) in [4.78, 5) is 28.3. The Morgan fingerprint density at radius 2 is 1.82 bits per heavy atom. The molecule has 0 aliphatic rings. The second-order valence-corrected chi connectivity index (χ2v) is 8.51. The molecular weight excluding hydrogens is 403 g/mol. The zero-order chi connectivity index (χ0) is 21.4. The van der Waals surface area contributed by atoms with E-state index >= 15 is 0 Å². The average molecular weight is 423 g/mol. The topological polar surface area (TPSA) is 110 Å². The molecule has 1 atom stereocenters. The van der Waals surface area contributed by atoms with Gasteiger partial charge in [-0.1, -0.05) is 13.8 Å². The molecule has 0 fully saturated rings. The van der Waals surface area contributed by atoms with Gasteiger partial charge in [-0.25, -0.2) is 18.0 Å². The molecule has 1 aromatic heterocycles. The first kappa shape index (κ1) is 22.0. The van der Waals surface area contributed by atoms with Crippen LogP contribution in [0.5, 0.6) is 0 Å².